The molecule has 2 atom stereocenters. The standard InChI is InChI=1S/C16H27NO2/c1-5-6-19-16-13(4)7-11(2)8-15(16)12(3)9-14(18)10-17/h7-8,12,14,18H,5-6,9-10,17H2,1-4H3. The molecular formula is C16H27NO2. The van der Waals surface area contributed by atoms with Gasteiger partial charge in [-0.3, -0.25) is 0 Å². The van der Waals surface area contributed by atoms with Gasteiger partial charge in [0.2, 0.25) is 0 Å². The molecule has 3 heteroatoms. The first-order chi connectivity index (χ1) is 8.99. The largest absolute Gasteiger partial charge is 0.493 e. The quantitative estimate of drug-likeness (QED) is 0.797. The Bertz CT molecular complexity index is 404. The topological polar surface area (TPSA) is 55.5 Å². The second-order valence-electron chi connectivity index (χ2n) is 5.37. The van der Waals surface area contributed by atoms with Crippen LogP contribution in [0.15, 0.2) is 12.1 Å². The van der Waals surface area contributed by atoms with Crippen molar-refractivity contribution in [3.8, 4) is 5.75 Å². The first-order valence-electron chi connectivity index (χ1n) is 7.11. The van der Waals surface area contributed by atoms with Crippen LogP contribution in [0.2, 0.25) is 0 Å². The van der Waals surface area contributed by atoms with E-state index in [2.05, 4.69) is 39.8 Å². The van der Waals surface area contributed by atoms with E-state index in [9.17, 15) is 5.11 Å². The molecule has 3 nitrogen and oxygen atoms in total. The van der Waals surface area contributed by atoms with Crippen molar-refractivity contribution in [2.75, 3.05) is 13.2 Å². The van der Waals surface area contributed by atoms with Crippen molar-refractivity contribution in [3.63, 3.8) is 0 Å². The molecule has 1 rings (SSSR count). The second kappa shape index (κ2) is 7.51. The summed E-state index contributed by atoms with van der Waals surface area (Å²) in [7, 11) is 0. The fourth-order valence-corrected chi connectivity index (χ4v) is 2.39. The zero-order chi connectivity index (χ0) is 14.4. The van der Waals surface area contributed by atoms with E-state index in [0.29, 0.717) is 13.0 Å². The van der Waals surface area contributed by atoms with Crippen LogP contribution in [0, 0.1) is 13.8 Å². The molecule has 1 aromatic rings. The Labute approximate surface area is 116 Å². The van der Waals surface area contributed by atoms with Crippen LogP contribution in [0.5, 0.6) is 5.75 Å². The summed E-state index contributed by atoms with van der Waals surface area (Å²) in [5.74, 6) is 1.22. The maximum atomic E-state index is 9.73. The smallest absolute Gasteiger partial charge is 0.125 e. The van der Waals surface area contributed by atoms with Crippen molar-refractivity contribution in [2.24, 2.45) is 5.73 Å². The first-order valence-corrected chi connectivity index (χ1v) is 7.11. The van der Waals surface area contributed by atoms with E-state index in [1.54, 1.807) is 0 Å². The summed E-state index contributed by atoms with van der Waals surface area (Å²) >= 11 is 0. The highest BCUT2D eigenvalue weighted by molar-refractivity contribution is 5.45. The van der Waals surface area contributed by atoms with E-state index in [1.807, 2.05) is 0 Å². The van der Waals surface area contributed by atoms with Gasteiger partial charge in [0.25, 0.3) is 0 Å². The van der Waals surface area contributed by atoms with Crippen LogP contribution in [0.4, 0.5) is 0 Å². The maximum absolute atomic E-state index is 9.73. The number of aliphatic hydroxyl groups is 1. The Hall–Kier alpha value is -1.06. The van der Waals surface area contributed by atoms with Gasteiger partial charge in [-0.2, -0.15) is 0 Å². The highest BCUT2D eigenvalue weighted by Gasteiger charge is 2.17. The fraction of sp³-hybridized carbons (Fsp3) is 0.625. The number of hydrogen-bond donors (Lipinski definition) is 2. The Balaban J connectivity index is 3.01. The molecule has 108 valence electrons. The summed E-state index contributed by atoms with van der Waals surface area (Å²) in [4.78, 5) is 0. The molecule has 0 radical (unpaired) electrons. The van der Waals surface area contributed by atoms with Crippen molar-refractivity contribution in [3.05, 3.63) is 28.8 Å². The van der Waals surface area contributed by atoms with Gasteiger partial charge >= 0.3 is 0 Å². The average molecular weight is 265 g/mol. The van der Waals surface area contributed by atoms with E-state index in [4.69, 9.17) is 10.5 Å². The lowest BCUT2D eigenvalue weighted by molar-refractivity contribution is 0.164. The minimum absolute atomic E-state index is 0.240. The maximum Gasteiger partial charge on any atom is 0.125 e. The summed E-state index contributed by atoms with van der Waals surface area (Å²) in [5.41, 5.74) is 9.07. The van der Waals surface area contributed by atoms with Gasteiger partial charge in [-0.15, -0.1) is 0 Å². The highest BCUT2D eigenvalue weighted by atomic mass is 16.5. The number of rotatable bonds is 7. The summed E-state index contributed by atoms with van der Waals surface area (Å²) in [6.07, 6.45) is 1.21. The number of benzene rings is 1. The first kappa shape index (κ1) is 16.0. The highest BCUT2D eigenvalue weighted by Crippen LogP contribution is 2.33. The Morgan fingerprint density at radius 2 is 2.00 bits per heavy atom. The molecule has 0 aliphatic rings. The third-order valence-corrected chi connectivity index (χ3v) is 3.33. The second-order valence-corrected chi connectivity index (χ2v) is 5.37. The SMILES string of the molecule is CCCOc1c(C)cc(C)cc1C(C)CC(O)CN. The molecule has 19 heavy (non-hydrogen) atoms. The third-order valence-electron chi connectivity index (χ3n) is 3.33. The molecule has 0 aliphatic heterocycles. The van der Waals surface area contributed by atoms with Crippen LogP contribution >= 0.6 is 0 Å². The fourth-order valence-electron chi connectivity index (χ4n) is 2.39. The van der Waals surface area contributed by atoms with E-state index in [0.717, 1.165) is 24.3 Å². The van der Waals surface area contributed by atoms with Crippen molar-refractivity contribution < 1.29 is 9.84 Å². The van der Waals surface area contributed by atoms with Gasteiger partial charge in [-0.1, -0.05) is 31.5 Å². The molecule has 0 saturated carbocycles. The van der Waals surface area contributed by atoms with Crippen LogP contribution in [0.3, 0.4) is 0 Å². The summed E-state index contributed by atoms with van der Waals surface area (Å²) in [5, 5.41) is 9.73. The normalized spacial score (nSPS) is 14.2. The molecule has 0 spiro atoms. The van der Waals surface area contributed by atoms with Gasteiger partial charge in [-0.05, 0) is 43.7 Å². The number of aliphatic hydroxyl groups excluding tert-OH is 1. The predicted molar refractivity (Wildman–Crippen MR) is 79.8 cm³/mol. The summed E-state index contributed by atoms with van der Waals surface area (Å²) in [6, 6.07) is 4.30. The van der Waals surface area contributed by atoms with E-state index in [-0.39, 0.29) is 5.92 Å². The van der Waals surface area contributed by atoms with Crippen LogP contribution in [0.25, 0.3) is 0 Å². The van der Waals surface area contributed by atoms with Gasteiger partial charge in [0.05, 0.1) is 12.7 Å². The van der Waals surface area contributed by atoms with Crippen LogP contribution in [-0.4, -0.2) is 24.4 Å². The monoisotopic (exact) mass is 265 g/mol. The van der Waals surface area contributed by atoms with E-state index in [1.165, 1.54) is 11.1 Å². The number of ether oxygens (including phenoxy) is 1. The van der Waals surface area contributed by atoms with E-state index >= 15 is 0 Å². The van der Waals surface area contributed by atoms with Crippen molar-refractivity contribution >= 4 is 0 Å². The van der Waals surface area contributed by atoms with E-state index < -0.39 is 6.10 Å². The molecule has 0 saturated heterocycles. The predicted octanol–water partition coefficient (Wildman–Crippen LogP) is 2.91. The minimum atomic E-state index is -0.449. The lowest BCUT2D eigenvalue weighted by Crippen LogP contribution is -2.21. The molecule has 0 aliphatic carbocycles. The Kier molecular flexibility index (Phi) is 6.32. The minimum Gasteiger partial charge on any atom is -0.493 e. The van der Waals surface area contributed by atoms with Crippen molar-refractivity contribution in [1.29, 1.82) is 0 Å². The number of aryl methyl sites for hydroxylation is 2. The molecule has 0 bridgehead atoms. The van der Waals surface area contributed by atoms with Crippen LogP contribution < -0.4 is 10.5 Å². The molecule has 0 fully saturated rings. The lowest BCUT2D eigenvalue weighted by atomic mass is 9.91. The Morgan fingerprint density at radius 1 is 1.32 bits per heavy atom. The van der Waals surface area contributed by atoms with Gasteiger partial charge in [0.15, 0.2) is 0 Å². The molecular weight excluding hydrogens is 238 g/mol. The molecule has 0 aromatic heterocycles. The molecule has 3 N–H and O–H groups in total. The molecule has 1 aromatic carbocycles. The molecule has 0 heterocycles. The van der Waals surface area contributed by atoms with Crippen LogP contribution in [-0.2, 0) is 0 Å². The number of hydrogen-bond acceptors (Lipinski definition) is 3. The number of nitrogens with two attached hydrogens (primary N) is 1. The summed E-state index contributed by atoms with van der Waals surface area (Å²) in [6.45, 7) is 9.42. The van der Waals surface area contributed by atoms with Gasteiger partial charge in [0.1, 0.15) is 5.75 Å². The third kappa shape index (κ3) is 4.51. The molecule has 0 amide bonds. The lowest BCUT2D eigenvalue weighted by Gasteiger charge is -2.21. The van der Waals surface area contributed by atoms with Gasteiger partial charge < -0.3 is 15.6 Å². The zero-order valence-electron chi connectivity index (χ0n) is 12.6. The Morgan fingerprint density at radius 3 is 2.58 bits per heavy atom. The van der Waals surface area contributed by atoms with Crippen LogP contribution in [0.1, 0.15) is 49.3 Å². The molecule has 2 unspecified atom stereocenters. The zero-order valence-corrected chi connectivity index (χ0v) is 12.6. The van der Waals surface area contributed by atoms with Crippen molar-refractivity contribution in [2.45, 2.75) is 52.6 Å². The van der Waals surface area contributed by atoms with Gasteiger partial charge in [-0.25, -0.2) is 0 Å². The average Bonchev–Trinajstić information content (AvgIpc) is 2.36. The summed E-state index contributed by atoms with van der Waals surface area (Å²) < 4.78 is 5.90. The van der Waals surface area contributed by atoms with Crippen molar-refractivity contribution in [1.82, 2.24) is 0 Å². The van der Waals surface area contributed by atoms with Gasteiger partial charge in [0, 0.05) is 6.54 Å².